The van der Waals surface area contributed by atoms with Crippen molar-refractivity contribution in [2.24, 2.45) is 0 Å². The third kappa shape index (κ3) is 4.00. The molecular formula is C21H25N5OS. The second-order valence-corrected chi connectivity index (χ2v) is 8.22. The number of Topliss-reactive ketones (excluding diaryl/α,β-unsaturated/α-hetero) is 1. The molecule has 0 amide bonds. The molecule has 0 saturated carbocycles. The summed E-state index contributed by atoms with van der Waals surface area (Å²) in [7, 11) is 0. The van der Waals surface area contributed by atoms with Crippen molar-refractivity contribution in [3.05, 3.63) is 63.9 Å². The van der Waals surface area contributed by atoms with Gasteiger partial charge in [-0.2, -0.15) is 0 Å². The highest BCUT2D eigenvalue weighted by Gasteiger charge is 2.23. The average molecular weight is 396 g/mol. The van der Waals surface area contributed by atoms with Gasteiger partial charge in [0.05, 0.1) is 13.1 Å². The van der Waals surface area contributed by atoms with Crippen LogP contribution < -0.4 is 4.90 Å². The van der Waals surface area contributed by atoms with Gasteiger partial charge in [-0.25, -0.2) is 9.97 Å². The van der Waals surface area contributed by atoms with Gasteiger partial charge in [-0.3, -0.25) is 9.69 Å². The second-order valence-electron chi connectivity index (χ2n) is 7.19. The van der Waals surface area contributed by atoms with Crippen molar-refractivity contribution in [1.82, 2.24) is 19.4 Å². The summed E-state index contributed by atoms with van der Waals surface area (Å²) >= 11 is 1.75. The summed E-state index contributed by atoms with van der Waals surface area (Å²) in [5.74, 6) is 0.973. The molecule has 1 saturated heterocycles. The second kappa shape index (κ2) is 8.24. The van der Waals surface area contributed by atoms with Crippen LogP contribution >= 0.6 is 11.3 Å². The first-order valence-electron chi connectivity index (χ1n) is 9.58. The van der Waals surface area contributed by atoms with E-state index in [1.807, 2.05) is 12.1 Å². The molecule has 4 rings (SSSR count). The largest absolute Gasteiger partial charge is 0.343 e. The van der Waals surface area contributed by atoms with Gasteiger partial charge in [0.25, 0.3) is 0 Å². The normalized spacial score (nSPS) is 15.1. The summed E-state index contributed by atoms with van der Waals surface area (Å²) in [5.41, 5.74) is 3.05. The van der Waals surface area contributed by atoms with Crippen LogP contribution in [0.3, 0.4) is 0 Å². The minimum absolute atomic E-state index is 0.204. The molecule has 0 unspecified atom stereocenters. The van der Waals surface area contributed by atoms with Crippen molar-refractivity contribution in [1.29, 1.82) is 0 Å². The molecule has 0 aromatic carbocycles. The van der Waals surface area contributed by atoms with Crippen LogP contribution in [0.4, 0.5) is 5.95 Å². The Labute approximate surface area is 169 Å². The van der Waals surface area contributed by atoms with Crippen molar-refractivity contribution in [2.45, 2.75) is 20.4 Å². The molecule has 0 aliphatic carbocycles. The van der Waals surface area contributed by atoms with Crippen molar-refractivity contribution in [3.63, 3.8) is 0 Å². The Balaban J connectivity index is 1.38. The number of carbonyl (C=O) groups is 1. The van der Waals surface area contributed by atoms with E-state index in [4.69, 9.17) is 0 Å². The fourth-order valence-electron chi connectivity index (χ4n) is 3.73. The van der Waals surface area contributed by atoms with E-state index >= 15 is 0 Å². The van der Waals surface area contributed by atoms with Crippen LogP contribution in [0.1, 0.15) is 26.6 Å². The van der Waals surface area contributed by atoms with Crippen LogP contribution in [0.15, 0.2) is 42.0 Å². The molecule has 0 N–H and O–H groups in total. The number of rotatable bonds is 6. The lowest BCUT2D eigenvalue weighted by atomic mass is 10.1. The van der Waals surface area contributed by atoms with Gasteiger partial charge in [-0.1, -0.05) is 6.07 Å². The number of carbonyl (C=O) groups excluding carboxylic acids is 1. The van der Waals surface area contributed by atoms with Gasteiger partial charge in [0.15, 0.2) is 5.78 Å². The van der Waals surface area contributed by atoms with E-state index in [0.717, 1.165) is 55.6 Å². The minimum Gasteiger partial charge on any atom is -0.343 e. The average Bonchev–Trinajstić information content (AvgIpc) is 3.33. The lowest BCUT2D eigenvalue weighted by molar-refractivity contribution is 0.0925. The number of nitrogens with zero attached hydrogens (tertiary/aromatic N) is 5. The highest BCUT2D eigenvalue weighted by molar-refractivity contribution is 7.09. The number of hydrogen-bond donors (Lipinski definition) is 0. The Kier molecular flexibility index (Phi) is 5.54. The zero-order valence-corrected chi connectivity index (χ0v) is 17.2. The van der Waals surface area contributed by atoms with E-state index in [-0.39, 0.29) is 5.78 Å². The monoisotopic (exact) mass is 395 g/mol. The molecular weight excluding hydrogens is 370 g/mol. The molecule has 0 atom stereocenters. The molecule has 28 heavy (non-hydrogen) atoms. The number of thiophene rings is 1. The fourth-order valence-corrected chi connectivity index (χ4v) is 4.43. The first-order valence-corrected chi connectivity index (χ1v) is 10.5. The number of anilines is 1. The van der Waals surface area contributed by atoms with Crippen molar-refractivity contribution >= 4 is 23.1 Å². The fraction of sp³-hybridized carbons (Fsp3) is 0.381. The zero-order chi connectivity index (χ0) is 19.5. The molecule has 7 heteroatoms. The Bertz CT molecular complexity index is 927. The third-order valence-corrected chi connectivity index (χ3v) is 6.20. The van der Waals surface area contributed by atoms with Gasteiger partial charge in [0.1, 0.15) is 0 Å². The maximum Gasteiger partial charge on any atom is 0.225 e. The maximum atomic E-state index is 13.0. The topological polar surface area (TPSA) is 54.3 Å². The van der Waals surface area contributed by atoms with E-state index < -0.39 is 0 Å². The predicted molar refractivity (Wildman–Crippen MR) is 112 cm³/mol. The smallest absolute Gasteiger partial charge is 0.225 e. The van der Waals surface area contributed by atoms with E-state index in [0.29, 0.717) is 6.54 Å². The van der Waals surface area contributed by atoms with Crippen LogP contribution in [-0.4, -0.2) is 57.9 Å². The molecule has 1 aliphatic heterocycles. The first kappa shape index (κ1) is 18.8. The van der Waals surface area contributed by atoms with Crippen LogP contribution in [-0.2, 0) is 6.54 Å². The van der Waals surface area contributed by atoms with E-state index in [9.17, 15) is 4.79 Å². The van der Waals surface area contributed by atoms with Crippen LogP contribution in [0, 0.1) is 13.8 Å². The van der Waals surface area contributed by atoms with E-state index in [1.165, 1.54) is 4.88 Å². The van der Waals surface area contributed by atoms with Gasteiger partial charge in [0, 0.05) is 60.4 Å². The Morgan fingerprint density at radius 3 is 2.54 bits per heavy atom. The maximum absolute atomic E-state index is 13.0. The van der Waals surface area contributed by atoms with Gasteiger partial charge in [-0.15, -0.1) is 11.3 Å². The zero-order valence-electron chi connectivity index (χ0n) is 16.3. The molecule has 3 aromatic rings. The van der Waals surface area contributed by atoms with Crippen molar-refractivity contribution in [3.8, 4) is 0 Å². The van der Waals surface area contributed by atoms with Crippen LogP contribution in [0.2, 0.25) is 0 Å². The minimum atomic E-state index is 0.204. The van der Waals surface area contributed by atoms with Crippen molar-refractivity contribution in [2.75, 3.05) is 37.6 Å². The molecule has 146 valence electrons. The highest BCUT2D eigenvalue weighted by Crippen LogP contribution is 2.20. The first-order chi connectivity index (χ1) is 13.6. The molecule has 0 bridgehead atoms. The van der Waals surface area contributed by atoms with E-state index in [1.54, 1.807) is 23.7 Å². The summed E-state index contributed by atoms with van der Waals surface area (Å²) in [6.07, 6.45) is 3.54. The number of hydrogen-bond acceptors (Lipinski definition) is 6. The number of aryl methyl sites for hydroxylation is 1. The number of piperazine rings is 1. The lowest BCUT2D eigenvalue weighted by Crippen LogP contribution is -2.48. The summed E-state index contributed by atoms with van der Waals surface area (Å²) in [5, 5.41) is 2.09. The molecule has 3 aromatic heterocycles. The van der Waals surface area contributed by atoms with E-state index in [2.05, 4.69) is 55.7 Å². The predicted octanol–water partition coefficient (Wildman–Crippen LogP) is 3.01. The molecule has 1 aliphatic rings. The Morgan fingerprint density at radius 1 is 1.11 bits per heavy atom. The molecule has 0 radical (unpaired) electrons. The van der Waals surface area contributed by atoms with Gasteiger partial charge in [0.2, 0.25) is 5.95 Å². The standard InChI is InChI=1S/C21H25N5OS/c1-16-13-19(17(2)26(16)14-18-5-3-12-28-18)20(27)15-24-8-10-25(11-9-24)21-22-6-4-7-23-21/h3-7,12-13H,8-11,14-15H2,1-2H3. The Morgan fingerprint density at radius 2 is 1.86 bits per heavy atom. The highest BCUT2D eigenvalue weighted by atomic mass is 32.1. The third-order valence-electron chi connectivity index (χ3n) is 5.34. The quantitative estimate of drug-likeness (QED) is 0.601. The summed E-state index contributed by atoms with van der Waals surface area (Å²) in [6, 6.07) is 8.08. The summed E-state index contributed by atoms with van der Waals surface area (Å²) in [6.45, 7) is 8.80. The van der Waals surface area contributed by atoms with Gasteiger partial charge < -0.3 is 9.47 Å². The summed E-state index contributed by atoms with van der Waals surface area (Å²) < 4.78 is 2.24. The number of ketones is 1. The van der Waals surface area contributed by atoms with Crippen molar-refractivity contribution < 1.29 is 4.79 Å². The molecule has 6 nitrogen and oxygen atoms in total. The SMILES string of the molecule is Cc1cc(C(=O)CN2CCN(c3ncccn3)CC2)c(C)n1Cc1cccs1. The van der Waals surface area contributed by atoms with Gasteiger partial charge >= 0.3 is 0 Å². The number of aromatic nitrogens is 3. The molecule has 4 heterocycles. The van der Waals surface area contributed by atoms with Crippen LogP contribution in [0.5, 0.6) is 0 Å². The molecule has 1 fully saturated rings. The van der Waals surface area contributed by atoms with Gasteiger partial charge in [-0.05, 0) is 37.4 Å². The lowest BCUT2D eigenvalue weighted by Gasteiger charge is -2.34. The Hall–Kier alpha value is -2.51. The van der Waals surface area contributed by atoms with Crippen LogP contribution in [0.25, 0.3) is 0 Å². The molecule has 0 spiro atoms. The summed E-state index contributed by atoms with van der Waals surface area (Å²) in [4.78, 5) is 27.3.